The molecule has 4 heteroatoms. The normalized spacial score (nSPS) is 6.00. The first-order valence-corrected chi connectivity index (χ1v) is 20.8. The van der Waals surface area contributed by atoms with Gasteiger partial charge in [0.25, 0.3) is 0 Å². The molecular weight excluding hydrogens is 387 g/mol. The summed E-state index contributed by atoms with van der Waals surface area (Å²) in [6.45, 7) is 0. The molecule has 0 aromatic carbocycles. The molecule has 0 saturated carbocycles. The van der Waals surface area contributed by atoms with Crippen LogP contribution in [0.15, 0.2) is 0 Å². The van der Waals surface area contributed by atoms with Crippen molar-refractivity contribution in [2.24, 2.45) is 0 Å². The summed E-state index contributed by atoms with van der Waals surface area (Å²) in [6.07, 6.45) is 0. The van der Waals surface area contributed by atoms with Gasteiger partial charge >= 0.3 is 108 Å². The van der Waals surface area contributed by atoms with Crippen molar-refractivity contribution in [3.05, 3.63) is 0 Å². The predicted octanol–water partition coefficient (Wildman–Crippen LogP) is 3.15. The first kappa shape index (κ1) is 23.8. The van der Waals surface area contributed by atoms with E-state index < -0.39 is 0 Å². The van der Waals surface area contributed by atoms with Crippen LogP contribution in [0.2, 0.25) is 46.0 Å². The van der Waals surface area contributed by atoms with Crippen LogP contribution in [0.4, 0.5) is 0 Å². The molecule has 0 amide bonds. The molecule has 0 aliphatic carbocycles. The van der Waals surface area contributed by atoms with E-state index in [-0.39, 0.29) is 0 Å². The zero-order valence-corrected chi connectivity index (χ0v) is 18.4. The van der Waals surface area contributed by atoms with E-state index in [9.17, 15) is 0 Å². The minimum atomic E-state index is 0.500. The van der Waals surface area contributed by atoms with Gasteiger partial charge in [-0.2, -0.15) is 0 Å². The first-order valence-electron chi connectivity index (χ1n) is 4.00. The Morgan fingerprint density at radius 1 is 0.333 bits per heavy atom. The molecule has 72 valence electrons. The van der Waals surface area contributed by atoms with E-state index in [1.807, 2.05) is 0 Å². The molecule has 8 radical (unpaired) electrons. The van der Waals surface area contributed by atoms with E-state index in [1.165, 1.54) is 0 Å². The summed E-state index contributed by atoms with van der Waals surface area (Å²) in [5, 5.41) is 0. The topological polar surface area (TPSA) is 0 Å². The van der Waals surface area contributed by atoms with Gasteiger partial charge in [-0.25, -0.2) is 0 Å². The van der Waals surface area contributed by atoms with Crippen LogP contribution in [-0.4, -0.2) is 61.7 Å². The maximum atomic E-state index is 2.25. The summed E-state index contributed by atoms with van der Waals surface area (Å²) in [6, 6.07) is 0. The van der Waals surface area contributed by atoms with Gasteiger partial charge in [0.05, 0.1) is 0 Å². The summed E-state index contributed by atoms with van der Waals surface area (Å²) < 4.78 is 0. The quantitative estimate of drug-likeness (QED) is 0.538. The van der Waals surface area contributed by atoms with Gasteiger partial charge in [-0.05, 0) is 0 Å². The Hall–Kier alpha value is 2.17. The van der Waals surface area contributed by atoms with Crippen LogP contribution in [0.3, 0.4) is 0 Å². The number of rotatable bonds is 0. The Morgan fingerprint density at radius 3 is 0.333 bits per heavy atom. The molecule has 0 unspecified atom stereocenters. The van der Waals surface area contributed by atoms with Crippen molar-refractivity contribution >= 4 is 61.7 Å². The zero-order chi connectivity index (χ0) is 10.8. The second-order valence-corrected chi connectivity index (χ2v) is 10.4. The summed E-state index contributed by atoms with van der Waals surface area (Å²) in [7, 11) is 0. The SMILES string of the molecule is [CH3][Ge][CH3].[CH3][Ge][CH3].[CH3][Ge][CH3].[CH3][Ge][CH3]. The van der Waals surface area contributed by atoms with E-state index >= 15 is 0 Å². The fraction of sp³-hybridized carbons (Fsp3) is 1.00. The molecule has 0 fully saturated rings. The van der Waals surface area contributed by atoms with Gasteiger partial charge < -0.3 is 0 Å². The first-order chi connectivity index (χ1) is 5.66. The fourth-order valence-corrected chi connectivity index (χ4v) is 0. The van der Waals surface area contributed by atoms with E-state index in [0.717, 1.165) is 0 Å². The van der Waals surface area contributed by atoms with Crippen LogP contribution >= 0.6 is 0 Å². The third-order valence-electron chi connectivity index (χ3n) is 0. The maximum absolute atomic E-state index is 2.25. The molecule has 0 nitrogen and oxygen atoms in total. The van der Waals surface area contributed by atoms with E-state index in [0.29, 0.717) is 61.7 Å². The summed E-state index contributed by atoms with van der Waals surface area (Å²) in [5.74, 6) is 18.0. The van der Waals surface area contributed by atoms with Gasteiger partial charge in [-0.3, -0.25) is 0 Å². The molecule has 0 rings (SSSR count). The van der Waals surface area contributed by atoms with Crippen molar-refractivity contribution in [2.45, 2.75) is 46.0 Å². The van der Waals surface area contributed by atoms with E-state index in [1.54, 1.807) is 0 Å². The Balaban J connectivity index is -0.0000000356. The second kappa shape index (κ2) is 51.2. The van der Waals surface area contributed by atoms with Crippen LogP contribution < -0.4 is 0 Å². The molecule has 0 spiro atoms. The fourth-order valence-electron chi connectivity index (χ4n) is 0. The Labute approximate surface area is 107 Å². The van der Waals surface area contributed by atoms with Gasteiger partial charge in [-0.1, -0.05) is 0 Å². The molecule has 0 saturated heterocycles. The number of hydrogen-bond donors (Lipinski definition) is 0. The van der Waals surface area contributed by atoms with Gasteiger partial charge in [0.1, 0.15) is 0 Å². The predicted molar refractivity (Wildman–Crippen MR) is 69.9 cm³/mol. The third-order valence-corrected chi connectivity index (χ3v) is 0. The van der Waals surface area contributed by atoms with E-state index in [4.69, 9.17) is 0 Å². The summed E-state index contributed by atoms with van der Waals surface area (Å²) in [5.41, 5.74) is 0. The van der Waals surface area contributed by atoms with Gasteiger partial charge in [0, 0.05) is 0 Å². The van der Waals surface area contributed by atoms with Crippen LogP contribution in [0.5, 0.6) is 0 Å². The zero-order valence-electron chi connectivity index (χ0n) is 10.0. The van der Waals surface area contributed by atoms with E-state index in [2.05, 4.69) is 46.0 Å². The summed E-state index contributed by atoms with van der Waals surface area (Å²) in [4.78, 5) is 0. The Morgan fingerprint density at radius 2 is 0.333 bits per heavy atom. The molecule has 0 atom stereocenters. The monoisotopic (exact) mass is 416 g/mol. The van der Waals surface area contributed by atoms with Crippen molar-refractivity contribution in [3.63, 3.8) is 0 Å². The molecule has 0 aromatic heterocycles. The third kappa shape index (κ3) is 322. The molecule has 0 aliphatic rings. The molecule has 0 bridgehead atoms. The minimum absolute atomic E-state index is 0.500. The van der Waals surface area contributed by atoms with Crippen molar-refractivity contribution in [2.75, 3.05) is 0 Å². The summed E-state index contributed by atoms with van der Waals surface area (Å²) >= 11 is 2.00. The molecule has 0 N–H and O–H groups in total. The van der Waals surface area contributed by atoms with Crippen LogP contribution in [0.25, 0.3) is 0 Å². The van der Waals surface area contributed by atoms with Crippen LogP contribution in [0.1, 0.15) is 0 Å². The van der Waals surface area contributed by atoms with Gasteiger partial charge in [-0.15, -0.1) is 0 Å². The molecule has 0 aliphatic heterocycles. The number of hydrogen-bond acceptors (Lipinski definition) is 0. The molecule has 12 heavy (non-hydrogen) atoms. The van der Waals surface area contributed by atoms with Crippen molar-refractivity contribution in [3.8, 4) is 0 Å². The average molecular weight is 411 g/mol. The van der Waals surface area contributed by atoms with Crippen LogP contribution in [0, 0.1) is 0 Å². The van der Waals surface area contributed by atoms with Gasteiger partial charge in [0.15, 0.2) is 0 Å². The Kier molecular flexibility index (Phi) is 101. The Bertz CT molecular complexity index is 19.0. The molecular formula is C8H24Ge4. The second-order valence-electron chi connectivity index (χ2n) is 2.00. The average Bonchev–Trinajstić information content (AvgIpc) is 1.92. The molecule has 0 aromatic rings. The molecule has 0 heterocycles. The van der Waals surface area contributed by atoms with Gasteiger partial charge in [0.2, 0.25) is 0 Å². The van der Waals surface area contributed by atoms with Crippen LogP contribution in [-0.2, 0) is 0 Å². The van der Waals surface area contributed by atoms with Crippen molar-refractivity contribution in [1.29, 1.82) is 0 Å². The standard InChI is InChI=1S/4C2H6Ge/c4*1-3-2/h4*1-2H3. The van der Waals surface area contributed by atoms with Crippen molar-refractivity contribution < 1.29 is 0 Å². The van der Waals surface area contributed by atoms with Crippen molar-refractivity contribution in [1.82, 2.24) is 0 Å².